The van der Waals surface area contributed by atoms with Gasteiger partial charge < -0.3 is 5.32 Å². The highest BCUT2D eigenvalue weighted by Gasteiger charge is 2.70. The first-order chi connectivity index (χ1) is 8.67. The largest absolute Gasteiger partial charge is 0.350 e. The van der Waals surface area contributed by atoms with E-state index in [1.807, 2.05) is 0 Å². The summed E-state index contributed by atoms with van der Waals surface area (Å²) in [6.45, 7) is 1.73. The Morgan fingerprint density at radius 3 is 2.17 bits per heavy atom. The number of rotatable bonds is 1. The molecule has 0 aromatic heterocycles. The molecule has 18 heavy (non-hydrogen) atoms. The van der Waals surface area contributed by atoms with Gasteiger partial charge in [-0.15, -0.1) is 0 Å². The van der Waals surface area contributed by atoms with E-state index in [-0.39, 0.29) is 11.4 Å². The Morgan fingerprint density at radius 1 is 0.944 bits per heavy atom. The number of hydrogen-bond acceptors (Lipinski definition) is 1. The van der Waals surface area contributed by atoms with Crippen LogP contribution >= 0.6 is 0 Å². The van der Waals surface area contributed by atoms with Gasteiger partial charge in [0.25, 0.3) is 0 Å². The van der Waals surface area contributed by atoms with E-state index in [1.165, 1.54) is 38.5 Å². The summed E-state index contributed by atoms with van der Waals surface area (Å²) in [4.78, 5) is 11.7. The van der Waals surface area contributed by atoms with Crippen LogP contribution in [0.15, 0.2) is 0 Å². The summed E-state index contributed by atoms with van der Waals surface area (Å²) in [5, 5.41) is 3.49. The van der Waals surface area contributed by atoms with E-state index in [1.54, 1.807) is 6.92 Å². The molecule has 2 nitrogen and oxygen atoms in total. The lowest BCUT2D eigenvalue weighted by Crippen LogP contribution is -2.76. The van der Waals surface area contributed by atoms with Crippen LogP contribution in [0.4, 0.5) is 0 Å². The maximum absolute atomic E-state index is 11.7. The molecule has 0 heterocycles. The molecule has 0 aromatic carbocycles. The monoisotopic (exact) mass is 245 g/mol. The van der Waals surface area contributed by atoms with Crippen LogP contribution < -0.4 is 5.32 Å². The smallest absolute Gasteiger partial charge is 0.217 e. The fraction of sp³-hybridized carbons (Fsp3) is 0.938. The molecule has 7 aliphatic carbocycles. The van der Waals surface area contributed by atoms with Gasteiger partial charge in [-0.2, -0.15) is 0 Å². The molecule has 4 unspecified atom stereocenters. The Kier molecular flexibility index (Phi) is 1.69. The van der Waals surface area contributed by atoms with Crippen LogP contribution in [-0.4, -0.2) is 11.4 Å². The quantitative estimate of drug-likeness (QED) is 0.756. The van der Waals surface area contributed by atoms with Crippen molar-refractivity contribution in [1.29, 1.82) is 0 Å². The minimum atomic E-state index is 0.225. The van der Waals surface area contributed by atoms with Crippen molar-refractivity contribution in [3.8, 4) is 0 Å². The highest BCUT2D eigenvalue weighted by atomic mass is 16.1. The number of carbonyl (C=O) groups excluding carboxylic acids is 1. The molecular formula is C16H23NO. The van der Waals surface area contributed by atoms with Crippen molar-refractivity contribution in [1.82, 2.24) is 5.32 Å². The molecule has 7 saturated carbocycles. The van der Waals surface area contributed by atoms with Gasteiger partial charge in [0.05, 0.1) is 0 Å². The molecule has 0 aromatic rings. The minimum absolute atomic E-state index is 0.225. The summed E-state index contributed by atoms with van der Waals surface area (Å²) >= 11 is 0. The first-order valence-corrected chi connectivity index (χ1v) is 7.96. The van der Waals surface area contributed by atoms with E-state index in [9.17, 15) is 4.79 Å². The summed E-state index contributed by atoms with van der Waals surface area (Å²) in [7, 11) is 0. The van der Waals surface area contributed by atoms with Gasteiger partial charge in [0, 0.05) is 12.5 Å². The van der Waals surface area contributed by atoms with Crippen LogP contribution in [0.5, 0.6) is 0 Å². The molecule has 0 radical (unpaired) electrons. The van der Waals surface area contributed by atoms with E-state index >= 15 is 0 Å². The second kappa shape index (κ2) is 2.96. The molecule has 7 fully saturated rings. The molecule has 0 aliphatic heterocycles. The molecule has 4 atom stereocenters. The Labute approximate surface area is 109 Å². The number of amides is 1. The topological polar surface area (TPSA) is 29.1 Å². The molecule has 2 heteroatoms. The highest BCUT2D eigenvalue weighted by molar-refractivity contribution is 5.74. The van der Waals surface area contributed by atoms with E-state index < -0.39 is 0 Å². The van der Waals surface area contributed by atoms with Gasteiger partial charge in [-0.25, -0.2) is 0 Å². The van der Waals surface area contributed by atoms with Crippen LogP contribution in [0, 0.1) is 41.4 Å². The normalized spacial score (nSPS) is 62.4. The highest BCUT2D eigenvalue weighted by Crippen LogP contribution is 2.72. The van der Waals surface area contributed by atoms with Gasteiger partial charge in [0.1, 0.15) is 0 Å². The first kappa shape index (κ1) is 10.3. The second-order valence-electron chi connectivity index (χ2n) is 8.04. The molecule has 7 aliphatic rings. The molecule has 7 rings (SSSR count). The van der Waals surface area contributed by atoms with Gasteiger partial charge in [-0.1, -0.05) is 0 Å². The average molecular weight is 245 g/mol. The zero-order chi connectivity index (χ0) is 12.1. The van der Waals surface area contributed by atoms with Gasteiger partial charge in [0.2, 0.25) is 5.91 Å². The lowest BCUT2D eigenvalue weighted by Gasteiger charge is -2.74. The third kappa shape index (κ3) is 0.981. The van der Waals surface area contributed by atoms with Gasteiger partial charge in [-0.05, 0) is 80.0 Å². The van der Waals surface area contributed by atoms with Crippen molar-refractivity contribution in [3.05, 3.63) is 0 Å². The van der Waals surface area contributed by atoms with Crippen molar-refractivity contribution >= 4 is 5.91 Å². The summed E-state index contributed by atoms with van der Waals surface area (Å²) in [6.07, 6.45) is 8.69. The number of carbonyl (C=O) groups is 1. The Balaban J connectivity index is 1.65. The van der Waals surface area contributed by atoms with Crippen LogP contribution in [0.1, 0.15) is 45.4 Å². The Bertz CT molecular complexity index is 407. The standard InChI is InChI=1S/C16H23NO/c1-8(18)17-16-7-10-3-12-11-2-9(5-14(12)16)6-15(16)13(11)4-10/h9-15H,2-7H2,1H3,(H,17,18). The lowest BCUT2D eigenvalue weighted by molar-refractivity contribution is -0.225. The van der Waals surface area contributed by atoms with Crippen LogP contribution in [0.2, 0.25) is 0 Å². The third-order valence-corrected chi connectivity index (χ3v) is 7.48. The van der Waals surface area contributed by atoms with Crippen molar-refractivity contribution in [2.24, 2.45) is 41.4 Å². The first-order valence-electron chi connectivity index (χ1n) is 7.96. The van der Waals surface area contributed by atoms with E-state index in [4.69, 9.17) is 0 Å². The molecule has 8 bridgehead atoms. The minimum Gasteiger partial charge on any atom is -0.350 e. The average Bonchev–Trinajstić information content (AvgIpc) is 2.34. The number of nitrogens with one attached hydrogen (secondary N) is 1. The van der Waals surface area contributed by atoms with Crippen molar-refractivity contribution < 1.29 is 4.79 Å². The fourth-order valence-corrected chi connectivity index (χ4v) is 7.52. The van der Waals surface area contributed by atoms with E-state index in [0.29, 0.717) is 0 Å². The molecule has 0 spiro atoms. The zero-order valence-corrected chi connectivity index (χ0v) is 11.2. The Hall–Kier alpha value is -0.530. The maximum Gasteiger partial charge on any atom is 0.217 e. The van der Waals surface area contributed by atoms with Gasteiger partial charge >= 0.3 is 0 Å². The Morgan fingerprint density at radius 2 is 1.56 bits per heavy atom. The van der Waals surface area contributed by atoms with E-state index in [2.05, 4.69) is 5.32 Å². The summed E-state index contributed by atoms with van der Waals surface area (Å²) < 4.78 is 0. The predicted octanol–water partition coefficient (Wildman–Crippen LogP) is 2.58. The lowest BCUT2D eigenvalue weighted by atomic mass is 9.33. The summed E-state index contributed by atoms with van der Waals surface area (Å²) in [5.74, 6) is 6.85. The van der Waals surface area contributed by atoms with Crippen molar-refractivity contribution in [2.75, 3.05) is 0 Å². The van der Waals surface area contributed by atoms with Crippen LogP contribution in [0.3, 0.4) is 0 Å². The van der Waals surface area contributed by atoms with Gasteiger partial charge in [0.15, 0.2) is 0 Å². The van der Waals surface area contributed by atoms with Crippen LogP contribution in [-0.2, 0) is 4.79 Å². The van der Waals surface area contributed by atoms with E-state index in [0.717, 1.165) is 41.4 Å². The molecule has 98 valence electrons. The SMILES string of the molecule is CC(=O)NC12CC3CC4C5CC(CC41)CC2C5C3. The maximum atomic E-state index is 11.7. The zero-order valence-electron chi connectivity index (χ0n) is 11.2. The summed E-state index contributed by atoms with van der Waals surface area (Å²) in [6, 6.07) is 0. The molecular weight excluding hydrogens is 222 g/mol. The van der Waals surface area contributed by atoms with Crippen LogP contribution in [0.25, 0.3) is 0 Å². The number of hydrogen-bond donors (Lipinski definition) is 1. The fourth-order valence-electron chi connectivity index (χ4n) is 7.52. The molecule has 1 N–H and O–H groups in total. The van der Waals surface area contributed by atoms with Crippen molar-refractivity contribution in [3.63, 3.8) is 0 Å². The molecule has 1 amide bonds. The summed E-state index contributed by atoms with van der Waals surface area (Å²) in [5.41, 5.74) is 0.246. The molecule has 0 saturated heterocycles. The second-order valence-corrected chi connectivity index (χ2v) is 8.04. The van der Waals surface area contributed by atoms with Gasteiger partial charge in [-0.3, -0.25) is 4.79 Å². The predicted molar refractivity (Wildman–Crippen MR) is 68.7 cm³/mol. The van der Waals surface area contributed by atoms with Crippen molar-refractivity contribution in [2.45, 2.75) is 51.0 Å². The third-order valence-electron chi connectivity index (χ3n) is 7.48.